The molecule has 84 valence electrons. The summed E-state index contributed by atoms with van der Waals surface area (Å²) in [5, 5.41) is 0. The zero-order valence-corrected chi connectivity index (χ0v) is 9.40. The molecule has 0 saturated heterocycles. The van der Waals surface area contributed by atoms with Crippen molar-refractivity contribution in [3.05, 3.63) is 35.4 Å². The van der Waals surface area contributed by atoms with Gasteiger partial charge in [-0.2, -0.15) is 0 Å². The number of hydrogen-bond acceptors (Lipinski definition) is 3. The van der Waals surface area contributed by atoms with E-state index in [0.29, 0.717) is 11.1 Å². The van der Waals surface area contributed by atoms with E-state index in [1.54, 1.807) is 24.3 Å². The molecule has 1 aliphatic heterocycles. The van der Waals surface area contributed by atoms with Crippen LogP contribution in [0.1, 0.15) is 20.7 Å². The Labute approximate surface area is 97.7 Å². The largest absolute Gasteiger partial charge is 0.364 e. The molecule has 5 heteroatoms. The van der Waals surface area contributed by atoms with Crippen LogP contribution in [0.15, 0.2) is 24.3 Å². The molecule has 1 aromatic carbocycles. The summed E-state index contributed by atoms with van der Waals surface area (Å²) in [6, 6.07) is 6.71. The van der Waals surface area contributed by atoms with Gasteiger partial charge in [0.25, 0.3) is 11.8 Å². The highest BCUT2D eigenvalue weighted by atomic mass is 35.5. The van der Waals surface area contributed by atoms with Gasteiger partial charge in [0.05, 0.1) is 17.7 Å². The van der Waals surface area contributed by atoms with Gasteiger partial charge in [0, 0.05) is 7.11 Å². The summed E-state index contributed by atoms with van der Waals surface area (Å²) in [5.41, 5.74) is 0.169. The second-order valence-electron chi connectivity index (χ2n) is 3.41. The molecule has 2 rings (SSSR count). The van der Waals surface area contributed by atoms with Crippen LogP contribution in [-0.2, 0) is 4.74 Å². The molecular weight excluding hydrogens is 230 g/mol. The first-order chi connectivity index (χ1) is 7.65. The van der Waals surface area contributed by atoms with Crippen LogP contribution >= 0.6 is 11.6 Å². The van der Waals surface area contributed by atoms with Crippen molar-refractivity contribution in [2.75, 3.05) is 13.7 Å². The van der Waals surface area contributed by atoms with Gasteiger partial charge < -0.3 is 4.74 Å². The highest BCUT2D eigenvalue weighted by molar-refractivity contribution is 6.23. The number of nitrogens with zero attached hydrogens (tertiary/aromatic N) is 1. The molecule has 1 atom stereocenters. The summed E-state index contributed by atoms with van der Waals surface area (Å²) >= 11 is 5.75. The Balaban J connectivity index is 2.28. The molecule has 0 bridgehead atoms. The number of imide groups is 1. The van der Waals surface area contributed by atoms with Crippen molar-refractivity contribution in [3.63, 3.8) is 0 Å². The van der Waals surface area contributed by atoms with Gasteiger partial charge >= 0.3 is 0 Å². The predicted octanol–water partition coefficient (Wildman–Crippen LogP) is 1.49. The van der Waals surface area contributed by atoms with Crippen molar-refractivity contribution >= 4 is 23.4 Å². The van der Waals surface area contributed by atoms with Gasteiger partial charge in [0.15, 0.2) is 0 Å². The van der Waals surface area contributed by atoms with Crippen LogP contribution in [0, 0.1) is 0 Å². The van der Waals surface area contributed by atoms with Gasteiger partial charge in [-0.1, -0.05) is 23.7 Å². The number of carbonyl (C=O) groups excluding carboxylic acids is 2. The van der Waals surface area contributed by atoms with E-state index in [0.717, 1.165) is 4.90 Å². The Morgan fingerprint density at radius 3 is 2.19 bits per heavy atom. The van der Waals surface area contributed by atoms with Gasteiger partial charge in [-0.25, -0.2) is 0 Å². The summed E-state index contributed by atoms with van der Waals surface area (Å²) in [7, 11) is 1.43. The molecule has 4 nitrogen and oxygen atoms in total. The Kier molecular flexibility index (Phi) is 2.94. The molecule has 0 aliphatic carbocycles. The SMILES string of the molecule is COC(Cl)CN1C(=O)c2ccccc2C1=O. The van der Waals surface area contributed by atoms with Crippen molar-refractivity contribution in [2.45, 2.75) is 5.56 Å². The fraction of sp³-hybridized carbons (Fsp3) is 0.273. The predicted molar refractivity (Wildman–Crippen MR) is 58.5 cm³/mol. The van der Waals surface area contributed by atoms with Crippen LogP contribution in [-0.4, -0.2) is 35.9 Å². The number of alkyl halides is 1. The third kappa shape index (κ3) is 1.70. The van der Waals surface area contributed by atoms with Crippen LogP contribution in [0.5, 0.6) is 0 Å². The molecule has 1 unspecified atom stereocenters. The number of rotatable bonds is 3. The minimum Gasteiger partial charge on any atom is -0.364 e. The van der Waals surface area contributed by atoms with E-state index in [1.807, 2.05) is 0 Å². The quantitative estimate of drug-likeness (QED) is 0.593. The van der Waals surface area contributed by atoms with E-state index in [1.165, 1.54) is 7.11 Å². The molecule has 16 heavy (non-hydrogen) atoms. The van der Waals surface area contributed by atoms with Gasteiger partial charge in [-0.05, 0) is 12.1 Å². The first-order valence-corrected chi connectivity index (χ1v) is 5.21. The Hall–Kier alpha value is -1.39. The summed E-state index contributed by atoms with van der Waals surface area (Å²) in [6.07, 6.45) is 0. The number of halogens is 1. The van der Waals surface area contributed by atoms with Gasteiger partial charge in [0.1, 0.15) is 5.56 Å². The lowest BCUT2D eigenvalue weighted by Gasteiger charge is -2.16. The average molecular weight is 240 g/mol. The number of methoxy groups -OCH3 is 1. The van der Waals surface area contributed by atoms with Crippen molar-refractivity contribution < 1.29 is 14.3 Å². The molecule has 0 saturated carbocycles. The van der Waals surface area contributed by atoms with E-state index < -0.39 is 5.56 Å². The van der Waals surface area contributed by atoms with Crippen molar-refractivity contribution in [2.24, 2.45) is 0 Å². The molecule has 0 N–H and O–H groups in total. The Morgan fingerprint density at radius 2 is 1.75 bits per heavy atom. The van der Waals surface area contributed by atoms with Crippen LogP contribution in [0.25, 0.3) is 0 Å². The van der Waals surface area contributed by atoms with E-state index in [9.17, 15) is 9.59 Å². The van der Waals surface area contributed by atoms with E-state index in [-0.39, 0.29) is 18.4 Å². The van der Waals surface area contributed by atoms with Crippen LogP contribution < -0.4 is 0 Å². The molecule has 1 aromatic rings. The summed E-state index contributed by atoms with van der Waals surface area (Å²) in [4.78, 5) is 24.8. The number of fused-ring (bicyclic) bond motifs is 1. The van der Waals surface area contributed by atoms with Gasteiger partial charge in [-0.15, -0.1) is 0 Å². The summed E-state index contributed by atoms with van der Waals surface area (Å²) in [6.45, 7) is 0.0599. The third-order valence-corrected chi connectivity index (χ3v) is 2.78. The molecule has 0 aromatic heterocycles. The molecule has 0 radical (unpaired) electrons. The number of amides is 2. The van der Waals surface area contributed by atoms with E-state index in [2.05, 4.69) is 0 Å². The Bertz CT molecular complexity index is 412. The van der Waals surface area contributed by atoms with Crippen LogP contribution in [0.3, 0.4) is 0 Å². The zero-order valence-electron chi connectivity index (χ0n) is 8.64. The third-order valence-electron chi connectivity index (χ3n) is 2.46. The number of benzene rings is 1. The topological polar surface area (TPSA) is 46.6 Å². The maximum Gasteiger partial charge on any atom is 0.261 e. The van der Waals surface area contributed by atoms with Crippen molar-refractivity contribution in [1.29, 1.82) is 0 Å². The lowest BCUT2D eigenvalue weighted by molar-refractivity contribution is 0.0570. The number of hydrogen-bond donors (Lipinski definition) is 0. The molecule has 1 aliphatic rings. The Morgan fingerprint density at radius 1 is 1.25 bits per heavy atom. The molecular formula is C11H10ClNO3. The highest BCUT2D eigenvalue weighted by Gasteiger charge is 2.35. The number of carbonyl (C=O) groups is 2. The minimum atomic E-state index is -0.679. The smallest absolute Gasteiger partial charge is 0.261 e. The molecule has 0 fully saturated rings. The molecule has 2 amide bonds. The molecule has 0 spiro atoms. The normalized spacial score (nSPS) is 16.5. The lowest BCUT2D eigenvalue weighted by Crippen LogP contribution is -2.35. The van der Waals surface area contributed by atoms with E-state index >= 15 is 0 Å². The van der Waals surface area contributed by atoms with Gasteiger partial charge in [0.2, 0.25) is 0 Å². The first-order valence-electron chi connectivity index (χ1n) is 4.77. The zero-order chi connectivity index (χ0) is 11.7. The monoisotopic (exact) mass is 239 g/mol. The summed E-state index contributed by atoms with van der Waals surface area (Å²) < 4.78 is 4.83. The average Bonchev–Trinajstić information content (AvgIpc) is 2.55. The number of ether oxygens (including phenoxy) is 1. The fourth-order valence-corrected chi connectivity index (χ4v) is 1.76. The lowest BCUT2D eigenvalue weighted by atomic mass is 10.1. The summed E-state index contributed by atoms with van der Waals surface area (Å²) in [5.74, 6) is -0.633. The maximum atomic E-state index is 11.8. The highest BCUT2D eigenvalue weighted by Crippen LogP contribution is 2.23. The minimum absolute atomic E-state index is 0.0599. The second kappa shape index (κ2) is 4.23. The van der Waals surface area contributed by atoms with Gasteiger partial charge in [-0.3, -0.25) is 14.5 Å². The van der Waals surface area contributed by atoms with Crippen molar-refractivity contribution in [1.82, 2.24) is 4.90 Å². The molecule has 1 heterocycles. The van der Waals surface area contributed by atoms with Crippen LogP contribution in [0.4, 0.5) is 0 Å². The standard InChI is InChI=1S/C11H10ClNO3/c1-16-9(12)6-13-10(14)7-4-2-3-5-8(7)11(13)15/h2-5,9H,6H2,1H3. The van der Waals surface area contributed by atoms with Crippen molar-refractivity contribution in [3.8, 4) is 0 Å². The first kappa shape index (κ1) is 11.1. The second-order valence-corrected chi connectivity index (χ2v) is 3.90. The fourth-order valence-electron chi connectivity index (χ4n) is 1.62. The maximum absolute atomic E-state index is 11.8. The van der Waals surface area contributed by atoms with Crippen LogP contribution in [0.2, 0.25) is 0 Å². The van der Waals surface area contributed by atoms with E-state index in [4.69, 9.17) is 16.3 Å².